The lowest BCUT2D eigenvalue weighted by atomic mass is 10.2. The number of hydrogen-bond donors (Lipinski definition) is 1. The minimum absolute atomic E-state index is 0.0144. The van der Waals surface area contributed by atoms with Crippen molar-refractivity contribution in [3.05, 3.63) is 63.7 Å². The summed E-state index contributed by atoms with van der Waals surface area (Å²) in [5.41, 5.74) is 0.337. The molecule has 0 bridgehead atoms. The van der Waals surface area contributed by atoms with Gasteiger partial charge in [-0.2, -0.15) is 0 Å². The molecule has 0 aromatic heterocycles. The molecule has 0 heterocycles. The number of rotatable bonds is 6. The molecule has 1 unspecified atom stereocenters. The molecule has 0 radical (unpaired) electrons. The molecule has 0 saturated heterocycles. The van der Waals surface area contributed by atoms with Gasteiger partial charge in [0.1, 0.15) is 0 Å². The first-order valence-electron chi connectivity index (χ1n) is 7.48. The quantitative estimate of drug-likeness (QED) is 0.355. The van der Waals surface area contributed by atoms with Crippen LogP contribution in [0.3, 0.4) is 0 Å². The van der Waals surface area contributed by atoms with Crippen LogP contribution >= 0.6 is 45.8 Å². The van der Waals surface area contributed by atoms with Crippen LogP contribution in [0.1, 0.15) is 10.4 Å². The van der Waals surface area contributed by atoms with Crippen molar-refractivity contribution in [3.8, 4) is 0 Å². The van der Waals surface area contributed by atoms with Crippen molar-refractivity contribution in [1.29, 1.82) is 0 Å². The van der Waals surface area contributed by atoms with Crippen LogP contribution in [0.2, 0.25) is 0 Å². The Morgan fingerprint density at radius 2 is 1.62 bits per heavy atom. The smallest absolute Gasteiger partial charge is 0.253 e. The van der Waals surface area contributed by atoms with Gasteiger partial charge < -0.3 is 5.32 Å². The summed E-state index contributed by atoms with van der Waals surface area (Å²) in [4.78, 5) is 14.1. The van der Waals surface area contributed by atoms with E-state index in [1.807, 2.05) is 22.6 Å². The van der Waals surface area contributed by atoms with Crippen LogP contribution in [0, 0.1) is 3.57 Å². The third-order valence-electron chi connectivity index (χ3n) is 3.67. The zero-order chi connectivity index (χ0) is 19.5. The van der Waals surface area contributed by atoms with Gasteiger partial charge in [0.05, 0.1) is 10.5 Å². The largest absolute Gasteiger partial charge is 0.331 e. The van der Waals surface area contributed by atoms with E-state index in [1.165, 1.54) is 31.1 Å². The van der Waals surface area contributed by atoms with Gasteiger partial charge in [-0.15, -0.1) is 0 Å². The Bertz CT molecular complexity index is 890. The van der Waals surface area contributed by atoms with Gasteiger partial charge in [0.2, 0.25) is 14.3 Å². The van der Waals surface area contributed by atoms with Gasteiger partial charge in [-0.1, -0.05) is 53.5 Å². The molecule has 0 aliphatic carbocycles. The van der Waals surface area contributed by atoms with Gasteiger partial charge in [0, 0.05) is 3.57 Å². The van der Waals surface area contributed by atoms with E-state index in [0.29, 0.717) is 9.13 Å². The van der Waals surface area contributed by atoms with Gasteiger partial charge in [0.25, 0.3) is 5.91 Å². The maximum Gasteiger partial charge on any atom is 0.253 e. The Hall–Kier alpha value is -0.870. The highest BCUT2D eigenvalue weighted by atomic mass is 127. The molecule has 0 saturated carbocycles. The molecule has 1 atom stereocenters. The third-order valence-corrected chi connectivity index (χ3v) is 8.00. The highest BCUT2D eigenvalue weighted by Gasteiger charge is 2.47. The standard InChI is InChI=1S/C17H17Cl2IN2O3S/c1-22(2)17(18,19)16(26(24,25)12-8-4-3-5-9-12)21-15(23)13-10-6-7-11-14(13)20/h3-11,16H,1-2H3,(H,21,23). The molecule has 0 spiro atoms. The number of carbonyl (C=O) groups excluding carboxylic acids is 1. The van der Waals surface area contributed by atoms with E-state index in [9.17, 15) is 13.2 Å². The van der Waals surface area contributed by atoms with Gasteiger partial charge in [-0.25, -0.2) is 8.42 Å². The van der Waals surface area contributed by atoms with Crippen LogP contribution in [0.15, 0.2) is 59.5 Å². The van der Waals surface area contributed by atoms with Crippen molar-refractivity contribution in [2.24, 2.45) is 0 Å². The summed E-state index contributed by atoms with van der Waals surface area (Å²) in [7, 11) is -0.992. The zero-order valence-corrected chi connectivity index (χ0v) is 18.5. The van der Waals surface area contributed by atoms with Crippen LogP contribution < -0.4 is 5.32 Å². The maximum atomic E-state index is 13.1. The van der Waals surface area contributed by atoms with Crippen LogP contribution in [0.5, 0.6) is 0 Å². The fourth-order valence-electron chi connectivity index (χ4n) is 2.17. The molecule has 1 N–H and O–H groups in total. The van der Waals surface area contributed by atoms with Gasteiger partial charge in [0.15, 0.2) is 5.37 Å². The first-order valence-corrected chi connectivity index (χ1v) is 10.9. The van der Waals surface area contributed by atoms with Gasteiger partial charge >= 0.3 is 0 Å². The van der Waals surface area contributed by atoms with Crippen molar-refractivity contribution < 1.29 is 13.2 Å². The molecular formula is C17H17Cl2IN2O3S. The SMILES string of the molecule is CN(C)C(Cl)(Cl)C(NC(=O)c1ccccc1I)S(=O)(=O)c1ccccc1. The number of benzene rings is 2. The van der Waals surface area contributed by atoms with Crippen LogP contribution in [-0.4, -0.2) is 43.2 Å². The fraction of sp³-hybridized carbons (Fsp3) is 0.235. The topological polar surface area (TPSA) is 66.5 Å². The van der Waals surface area contributed by atoms with E-state index >= 15 is 0 Å². The van der Waals surface area contributed by atoms with Crippen molar-refractivity contribution in [2.45, 2.75) is 14.7 Å². The second-order valence-corrected chi connectivity index (χ2v) is 10.2. The molecule has 9 heteroatoms. The van der Waals surface area contributed by atoms with Crippen molar-refractivity contribution >= 4 is 61.5 Å². The van der Waals surface area contributed by atoms with E-state index in [4.69, 9.17) is 23.2 Å². The summed E-state index contributed by atoms with van der Waals surface area (Å²) < 4.78 is 25.0. The molecule has 2 aromatic carbocycles. The molecule has 0 aliphatic rings. The second-order valence-electron chi connectivity index (χ2n) is 5.67. The molecule has 0 fully saturated rings. The second kappa shape index (κ2) is 8.43. The minimum atomic E-state index is -4.06. The number of halogens is 3. The highest BCUT2D eigenvalue weighted by molar-refractivity contribution is 14.1. The number of carbonyl (C=O) groups is 1. The molecule has 5 nitrogen and oxygen atoms in total. The normalized spacial score (nSPS) is 13.5. The minimum Gasteiger partial charge on any atom is -0.331 e. The number of alkyl halides is 2. The van der Waals surface area contributed by atoms with Crippen LogP contribution in [-0.2, 0) is 9.84 Å². The number of amides is 1. The van der Waals surface area contributed by atoms with E-state index in [2.05, 4.69) is 5.32 Å². The lowest BCUT2D eigenvalue weighted by molar-refractivity contribution is 0.0935. The van der Waals surface area contributed by atoms with E-state index < -0.39 is 25.6 Å². The fourth-order valence-corrected chi connectivity index (χ4v) is 5.27. The average Bonchev–Trinajstić information content (AvgIpc) is 2.60. The number of nitrogens with zero attached hydrogens (tertiary/aromatic N) is 1. The summed E-state index contributed by atoms with van der Waals surface area (Å²) in [5.74, 6) is -0.577. The summed E-state index contributed by atoms with van der Waals surface area (Å²) in [6, 6.07) is 14.6. The molecule has 140 valence electrons. The van der Waals surface area contributed by atoms with Crippen molar-refractivity contribution in [1.82, 2.24) is 10.2 Å². The highest BCUT2D eigenvalue weighted by Crippen LogP contribution is 2.34. The summed E-state index contributed by atoms with van der Waals surface area (Å²) in [6.45, 7) is 0. The van der Waals surface area contributed by atoms with Gasteiger partial charge in [-0.05, 0) is 61.0 Å². The number of likely N-dealkylation sites (N-methyl/N-ethyl adjacent to an activating group) is 1. The Morgan fingerprint density at radius 1 is 1.08 bits per heavy atom. The summed E-state index contributed by atoms with van der Waals surface area (Å²) >= 11 is 14.7. The molecular weight excluding hydrogens is 510 g/mol. The van der Waals surface area contributed by atoms with Crippen molar-refractivity contribution in [2.75, 3.05) is 14.1 Å². The molecule has 26 heavy (non-hydrogen) atoms. The van der Waals surface area contributed by atoms with Crippen LogP contribution in [0.4, 0.5) is 0 Å². The lowest BCUT2D eigenvalue weighted by Gasteiger charge is -2.35. The first-order chi connectivity index (χ1) is 12.1. The Kier molecular flexibility index (Phi) is 6.95. The number of nitrogens with one attached hydrogen (secondary N) is 1. The predicted octanol–water partition coefficient (Wildman–Crippen LogP) is 3.51. The Balaban J connectivity index is 2.50. The van der Waals surface area contributed by atoms with E-state index in [-0.39, 0.29) is 4.90 Å². The van der Waals surface area contributed by atoms with E-state index in [1.54, 1.807) is 42.5 Å². The third kappa shape index (κ3) is 4.51. The number of sulfone groups is 1. The monoisotopic (exact) mass is 526 g/mol. The van der Waals surface area contributed by atoms with E-state index in [0.717, 1.165) is 0 Å². The summed E-state index contributed by atoms with van der Waals surface area (Å²) in [5, 5.41) is 0.913. The maximum absolute atomic E-state index is 13.1. The average molecular weight is 527 g/mol. The zero-order valence-electron chi connectivity index (χ0n) is 14.0. The molecule has 2 rings (SSSR count). The lowest BCUT2D eigenvalue weighted by Crippen LogP contribution is -2.57. The molecule has 1 amide bonds. The van der Waals surface area contributed by atoms with Crippen LogP contribution in [0.25, 0.3) is 0 Å². The van der Waals surface area contributed by atoms with Gasteiger partial charge in [-0.3, -0.25) is 9.69 Å². The number of hydrogen-bond acceptors (Lipinski definition) is 4. The Morgan fingerprint density at radius 3 is 2.15 bits per heavy atom. The van der Waals surface area contributed by atoms with Crippen molar-refractivity contribution in [3.63, 3.8) is 0 Å². The Labute approximate surface area is 176 Å². The molecule has 0 aliphatic heterocycles. The predicted molar refractivity (Wildman–Crippen MR) is 112 cm³/mol. The first kappa shape index (κ1) is 21.4. The summed E-state index contributed by atoms with van der Waals surface area (Å²) in [6.07, 6.45) is 0. The molecule has 2 aromatic rings.